The normalized spacial score (nSPS) is 19.2. The van der Waals surface area contributed by atoms with Crippen LogP contribution < -0.4 is 19.9 Å². The van der Waals surface area contributed by atoms with Crippen molar-refractivity contribution in [3.8, 4) is 5.75 Å². The molecule has 1 saturated carbocycles. The van der Waals surface area contributed by atoms with Crippen LogP contribution in [0.2, 0.25) is 0 Å². The van der Waals surface area contributed by atoms with Gasteiger partial charge in [-0.15, -0.1) is 11.3 Å². The highest BCUT2D eigenvalue weighted by Gasteiger charge is 2.37. The Hall–Kier alpha value is -3.30. The summed E-state index contributed by atoms with van der Waals surface area (Å²) in [6, 6.07) is 15.0. The maximum atomic E-state index is 13.1. The van der Waals surface area contributed by atoms with Crippen LogP contribution in [0.3, 0.4) is 0 Å². The largest absolute Gasteiger partial charge is 0.494 e. The van der Waals surface area contributed by atoms with Gasteiger partial charge in [-0.25, -0.2) is 4.79 Å². The van der Waals surface area contributed by atoms with Gasteiger partial charge in [-0.1, -0.05) is 45.2 Å². The number of fused-ring (bicyclic) bond motifs is 2. The minimum Gasteiger partial charge on any atom is -0.494 e. The lowest BCUT2D eigenvalue weighted by molar-refractivity contribution is -0.120. The predicted octanol–water partition coefficient (Wildman–Crippen LogP) is 6.91. The molecule has 2 aromatic carbocycles. The Balaban J connectivity index is 0.969. The van der Waals surface area contributed by atoms with E-state index in [9.17, 15) is 9.59 Å². The highest BCUT2D eigenvalue weighted by Crippen LogP contribution is 2.42. The third kappa shape index (κ3) is 7.15. The Morgan fingerprint density at radius 3 is 2.64 bits per heavy atom. The van der Waals surface area contributed by atoms with Gasteiger partial charge in [-0.2, -0.15) is 0 Å². The molecule has 0 atom stereocenters. The molecule has 0 spiro atoms. The summed E-state index contributed by atoms with van der Waals surface area (Å²) in [6.07, 6.45) is 7.40. The van der Waals surface area contributed by atoms with Gasteiger partial charge in [0, 0.05) is 65.9 Å². The smallest absolute Gasteiger partial charge is 0.409 e. The molecule has 3 aliphatic rings. The number of anilines is 2. The van der Waals surface area contributed by atoms with Crippen molar-refractivity contribution in [2.45, 2.75) is 76.7 Å². The van der Waals surface area contributed by atoms with E-state index in [1.54, 1.807) is 4.90 Å². The molecule has 9 heteroatoms. The fraction of sp³-hybridized carbons (Fsp3) is 0.543. The molecule has 0 unspecified atom stereocenters. The summed E-state index contributed by atoms with van der Waals surface area (Å²) in [5, 5.41) is 6.52. The second-order valence-electron chi connectivity index (χ2n) is 13.1. The number of piperazine rings is 1. The fourth-order valence-electron chi connectivity index (χ4n) is 6.91. The van der Waals surface area contributed by atoms with Crippen molar-refractivity contribution >= 4 is 44.8 Å². The molecule has 6 rings (SSSR count). The van der Waals surface area contributed by atoms with Crippen molar-refractivity contribution < 1.29 is 19.1 Å². The first kappa shape index (κ1) is 30.7. The standard InChI is InChI=1S/C35H46N4O4S/c1-35(2)24-33(40)39(25-43-34(41)36-26-9-4-3-5-10-26)31-23-27(13-14-29(31)35)42-21-7-6-16-37-17-19-38(20-18-37)30-11-8-12-32-28(30)15-22-44-32/h8,11-15,22-23,26H,3-7,9-10,16-21,24-25H2,1-2H3,(H,36,41). The molecule has 3 aromatic rings. The molecule has 1 aliphatic carbocycles. The molecule has 2 fully saturated rings. The van der Waals surface area contributed by atoms with Crippen molar-refractivity contribution in [1.82, 2.24) is 10.2 Å². The Morgan fingerprint density at radius 2 is 1.82 bits per heavy atom. The summed E-state index contributed by atoms with van der Waals surface area (Å²) in [4.78, 5) is 32.3. The average molecular weight is 619 g/mol. The first-order valence-electron chi connectivity index (χ1n) is 16.3. The second-order valence-corrected chi connectivity index (χ2v) is 14.0. The van der Waals surface area contributed by atoms with Crippen molar-refractivity contribution in [2.75, 3.05) is 55.9 Å². The number of nitrogens with zero attached hydrogens (tertiary/aromatic N) is 3. The van der Waals surface area contributed by atoms with Crippen molar-refractivity contribution in [2.24, 2.45) is 0 Å². The van der Waals surface area contributed by atoms with Gasteiger partial charge in [-0.05, 0) is 67.4 Å². The van der Waals surface area contributed by atoms with E-state index < -0.39 is 6.09 Å². The minimum atomic E-state index is -0.454. The summed E-state index contributed by atoms with van der Waals surface area (Å²) in [5.74, 6) is 0.694. The third-order valence-electron chi connectivity index (χ3n) is 9.46. The highest BCUT2D eigenvalue weighted by atomic mass is 32.1. The molecule has 1 N–H and O–H groups in total. The van der Waals surface area contributed by atoms with E-state index >= 15 is 0 Å². The van der Waals surface area contributed by atoms with Gasteiger partial charge in [0.15, 0.2) is 6.73 Å². The Bertz CT molecular complexity index is 1440. The van der Waals surface area contributed by atoms with Crippen LogP contribution in [-0.2, 0) is 14.9 Å². The molecule has 8 nitrogen and oxygen atoms in total. The molecule has 1 aromatic heterocycles. The van der Waals surface area contributed by atoms with Gasteiger partial charge in [0.1, 0.15) is 5.75 Å². The lowest BCUT2D eigenvalue weighted by Gasteiger charge is -2.38. The van der Waals surface area contributed by atoms with Gasteiger partial charge >= 0.3 is 6.09 Å². The van der Waals surface area contributed by atoms with E-state index in [0.29, 0.717) is 13.0 Å². The van der Waals surface area contributed by atoms with Gasteiger partial charge in [0.05, 0.1) is 12.3 Å². The molecule has 0 bridgehead atoms. The van der Waals surface area contributed by atoms with Crippen LogP contribution in [0, 0.1) is 0 Å². The minimum absolute atomic E-state index is 0.0442. The number of hydrogen-bond acceptors (Lipinski definition) is 7. The molecule has 2 aliphatic heterocycles. The van der Waals surface area contributed by atoms with Crippen LogP contribution in [0.15, 0.2) is 47.8 Å². The van der Waals surface area contributed by atoms with E-state index in [2.05, 4.69) is 64.7 Å². The van der Waals surface area contributed by atoms with Gasteiger partial charge in [0.2, 0.25) is 5.91 Å². The van der Waals surface area contributed by atoms with Crippen LogP contribution in [0.4, 0.5) is 16.2 Å². The summed E-state index contributed by atoms with van der Waals surface area (Å²) < 4.78 is 13.1. The van der Waals surface area contributed by atoms with Crippen molar-refractivity contribution in [1.29, 1.82) is 0 Å². The first-order valence-corrected chi connectivity index (χ1v) is 17.2. The highest BCUT2D eigenvalue weighted by molar-refractivity contribution is 7.17. The van der Waals surface area contributed by atoms with Crippen LogP contribution in [0.25, 0.3) is 10.1 Å². The predicted molar refractivity (Wildman–Crippen MR) is 178 cm³/mol. The third-order valence-corrected chi connectivity index (χ3v) is 10.3. The quantitative estimate of drug-likeness (QED) is 0.249. The number of ether oxygens (including phenoxy) is 2. The number of benzene rings is 2. The van der Waals surface area contributed by atoms with Crippen molar-refractivity contribution in [3.05, 3.63) is 53.4 Å². The fourth-order valence-corrected chi connectivity index (χ4v) is 7.72. The van der Waals surface area contributed by atoms with Crippen molar-refractivity contribution in [3.63, 3.8) is 0 Å². The molecule has 236 valence electrons. The van der Waals surface area contributed by atoms with Gasteiger partial charge < -0.3 is 19.7 Å². The topological polar surface area (TPSA) is 74.3 Å². The molecule has 3 heterocycles. The average Bonchev–Trinajstić information content (AvgIpc) is 3.51. The summed E-state index contributed by atoms with van der Waals surface area (Å²) in [5.41, 5.74) is 2.90. The van der Waals surface area contributed by atoms with Crippen LogP contribution in [0.1, 0.15) is 70.8 Å². The number of unbranched alkanes of at least 4 members (excludes halogenated alkanes) is 1. The Labute approximate surface area is 265 Å². The van der Waals surface area contributed by atoms with E-state index in [4.69, 9.17) is 9.47 Å². The van der Waals surface area contributed by atoms with E-state index in [0.717, 1.165) is 88.2 Å². The molecular weight excluding hydrogens is 572 g/mol. The zero-order chi connectivity index (χ0) is 30.5. The number of amides is 2. The lowest BCUT2D eigenvalue weighted by Crippen LogP contribution is -2.46. The summed E-state index contributed by atoms with van der Waals surface area (Å²) in [7, 11) is 0. The summed E-state index contributed by atoms with van der Waals surface area (Å²) >= 11 is 1.81. The van der Waals surface area contributed by atoms with E-state index in [-0.39, 0.29) is 24.1 Å². The van der Waals surface area contributed by atoms with E-state index in [1.807, 2.05) is 23.5 Å². The van der Waals surface area contributed by atoms with Crippen LogP contribution in [-0.4, -0.2) is 69.0 Å². The molecule has 0 radical (unpaired) electrons. The zero-order valence-electron chi connectivity index (χ0n) is 26.2. The lowest BCUT2D eigenvalue weighted by atomic mass is 9.77. The molecule has 1 saturated heterocycles. The number of hydrogen-bond donors (Lipinski definition) is 1. The number of carbonyl (C=O) groups excluding carboxylic acids is 2. The first-order chi connectivity index (χ1) is 21.4. The zero-order valence-corrected chi connectivity index (χ0v) is 27.0. The number of nitrogens with one attached hydrogen (secondary N) is 1. The summed E-state index contributed by atoms with van der Waals surface area (Å²) in [6.45, 7) is 10.0. The monoisotopic (exact) mass is 618 g/mol. The van der Waals surface area contributed by atoms with Crippen LogP contribution >= 0.6 is 11.3 Å². The molecular formula is C35H46N4O4S. The Morgan fingerprint density at radius 1 is 1.00 bits per heavy atom. The SMILES string of the molecule is CC1(C)CC(=O)N(COC(=O)NC2CCCCC2)c2cc(OCCCCN3CCN(c4cccc5sccc45)CC3)ccc21. The molecule has 44 heavy (non-hydrogen) atoms. The number of rotatable bonds is 10. The van der Waals surface area contributed by atoms with Crippen LogP contribution in [0.5, 0.6) is 5.75 Å². The number of carbonyl (C=O) groups is 2. The maximum absolute atomic E-state index is 13.1. The Kier molecular flexibility index (Phi) is 9.62. The number of thiophene rings is 1. The second kappa shape index (κ2) is 13.8. The number of alkyl carbamates (subject to hydrolysis) is 1. The maximum Gasteiger partial charge on any atom is 0.409 e. The molecule has 2 amide bonds. The van der Waals surface area contributed by atoms with Gasteiger partial charge in [-0.3, -0.25) is 14.6 Å². The van der Waals surface area contributed by atoms with E-state index in [1.165, 1.54) is 22.2 Å². The van der Waals surface area contributed by atoms with Gasteiger partial charge in [0.25, 0.3) is 0 Å².